The van der Waals surface area contributed by atoms with Gasteiger partial charge in [0.1, 0.15) is 0 Å². The fourth-order valence-electron chi connectivity index (χ4n) is 2.52. The predicted molar refractivity (Wildman–Crippen MR) is 78.4 cm³/mol. The minimum atomic E-state index is -0.864. The molecule has 2 aromatic rings. The number of benzene rings is 1. The van der Waals surface area contributed by atoms with E-state index >= 15 is 0 Å². The van der Waals surface area contributed by atoms with Gasteiger partial charge < -0.3 is 15.3 Å². The third kappa shape index (κ3) is 2.49. The molecule has 2 heterocycles. The monoisotopic (exact) mass is 291 g/mol. The number of nitrogens with zero attached hydrogens (tertiary/aromatic N) is 2. The van der Waals surface area contributed by atoms with Crippen LogP contribution in [0.15, 0.2) is 30.5 Å². The molecule has 0 spiro atoms. The minimum Gasteiger partial charge on any atom is -0.465 e. The van der Waals surface area contributed by atoms with Gasteiger partial charge in [0.2, 0.25) is 0 Å². The molecule has 1 aliphatic rings. The molecule has 1 atom stereocenters. The molecule has 1 amide bonds. The van der Waals surface area contributed by atoms with Gasteiger partial charge in [-0.05, 0) is 24.6 Å². The summed E-state index contributed by atoms with van der Waals surface area (Å²) in [6.45, 7) is 1.07. The van der Waals surface area contributed by atoms with Gasteiger partial charge in [0.15, 0.2) is 0 Å². The quantitative estimate of drug-likeness (QED) is 0.892. The third-order valence-corrected chi connectivity index (χ3v) is 3.72. The van der Waals surface area contributed by atoms with E-state index in [1.165, 1.54) is 4.90 Å². The molecule has 5 nitrogen and oxygen atoms in total. The van der Waals surface area contributed by atoms with Crippen LogP contribution < -0.4 is 5.32 Å². The van der Waals surface area contributed by atoms with E-state index < -0.39 is 6.09 Å². The standard InChI is InChI=1S/C14H14ClN3O2/c15-9-6-11-12(16-7-9)2-1-3-13(11)17-10-4-5-18(8-10)14(19)20/h1-3,6-7,10,17H,4-5,8H2,(H,19,20). The summed E-state index contributed by atoms with van der Waals surface area (Å²) < 4.78 is 0. The zero-order valence-electron chi connectivity index (χ0n) is 10.7. The van der Waals surface area contributed by atoms with Crippen molar-refractivity contribution in [2.75, 3.05) is 18.4 Å². The van der Waals surface area contributed by atoms with Gasteiger partial charge in [-0.25, -0.2) is 4.79 Å². The Kier molecular flexibility index (Phi) is 3.36. The fraction of sp³-hybridized carbons (Fsp3) is 0.286. The maximum atomic E-state index is 10.9. The van der Waals surface area contributed by atoms with Gasteiger partial charge in [0, 0.05) is 36.4 Å². The van der Waals surface area contributed by atoms with Crippen molar-refractivity contribution >= 4 is 34.3 Å². The maximum absolute atomic E-state index is 10.9. The lowest BCUT2D eigenvalue weighted by atomic mass is 10.1. The average Bonchev–Trinajstić information content (AvgIpc) is 2.88. The molecule has 20 heavy (non-hydrogen) atoms. The van der Waals surface area contributed by atoms with Gasteiger partial charge in [-0.2, -0.15) is 0 Å². The summed E-state index contributed by atoms with van der Waals surface area (Å²) in [6, 6.07) is 7.81. The van der Waals surface area contributed by atoms with Crippen LogP contribution in [0.4, 0.5) is 10.5 Å². The number of amides is 1. The molecular weight excluding hydrogens is 278 g/mol. The predicted octanol–water partition coefficient (Wildman–Crippen LogP) is 3.05. The Balaban J connectivity index is 1.85. The number of aromatic nitrogens is 1. The lowest BCUT2D eigenvalue weighted by molar-refractivity contribution is 0.155. The first-order valence-corrected chi connectivity index (χ1v) is 6.80. The van der Waals surface area contributed by atoms with E-state index in [-0.39, 0.29) is 6.04 Å². The Bertz CT molecular complexity index is 662. The Morgan fingerprint density at radius 1 is 1.50 bits per heavy atom. The van der Waals surface area contributed by atoms with Crippen molar-refractivity contribution in [3.05, 3.63) is 35.5 Å². The first-order chi connectivity index (χ1) is 9.63. The van der Waals surface area contributed by atoms with Gasteiger partial charge in [-0.15, -0.1) is 0 Å². The van der Waals surface area contributed by atoms with Crippen LogP contribution in [0.3, 0.4) is 0 Å². The number of hydrogen-bond acceptors (Lipinski definition) is 3. The zero-order valence-corrected chi connectivity index (χ0v) is 11.5. The summed E-state index contributed by atoms with van der Waals surface area (Å²) in [5, 5.41) is 13.9. The molecular formula is C14H14ClN3O2. The molecule has 0 radical (unpaired) electrons. The lowest BCUT2D eigenvalue weighted by Crippen LogP contribution is -2.30. The van der Waals surface area contributed by atoms with Gasteiger partial charge >= 0.3 is 6.09 Å². The van der Waals surface area contributed by atoms with Crippen molar-refractivity contribution < 1.29 is 9.90 Å². The van der Waals surface area contributed by atoms with E-state index in [1.54, 1.807) is 6.20 Å². The van der Waals surface area contributed by atoms with Crippen LogP contribution in [0.25, 0.3) is 10.9 Å². The second kappa shape index (κ2) is 5.17. The van der Waals surface area contributed by atoms with Crippen molar-refractivity contribution in [2.24, 2.45) is 0 Å². The van der Waals surface area contributed by atoms with Crippen LogP contribution in [0.2, 0.25) is 5.02 Å². The van der Waals surface area contributed by atoms with E-state index in [2.05, 4.69) is 10.3 Å². The van der Waals surface area contributed by atoms with Crippen molar-refractivity contribution in [3.63, 3.8) is 0 Å². The highest BCUT2D eigenvalue weighted by atomic mass is 35.5. The SMILES string of the molecule is O=C(O)N1CCC(Nc2cccc3ncc(Cl)cc23)C1. The molecule has 1 aromatic heterocycles. The smallest absolute Gasteiger partial charge is 0.407 e. The normalized spacial score (nSPS) is 18.4. The van der Waals surface area contributed by atoms with Gasteiger partial charge in [0.05, 0.1) is 10.5 Å². The van der Waals surface area contributed by atoms with Gasteiger partial charge in [-0.3, -0.25) is 4.98 Å². The molecule has 2 N–H and O–H groups in total. The molecule has 1 aliphatic heterocycles. The molecule has 1 unspecified atom stereocenters. The minimum absolute atomic E-state index is 0.121. The summed E-state index contributed by atoms with van der Waals surface area (Å²) in [6.07, 6.45) is 1.56. The largest absolute Gasteiger partial charge is 0.465 e. The molecule has 3 rings (SSSR count). The van der Waals surface area contributed by atoms with Crippen LogP contribution in [0.1, 0.15) is 6.42 Å². The summed E-state index contributed by atoms with van der Waals surface area (Å²) in [7, 11) is 0. The molecule has 104 valence electrons. The van der Waals surface area contributed by atoms with E-state index in [9.17, 15) is 4.79 Å². The molecule has 6 heteroatoms. The van der Waals surface area contributed by atoms with Crippen molar-refractivity contribution in [1.29, 1.82) is 0 Å². The Morgan fingerprint density at radius 3 is 3.10 bits per heavy atom. The summed E-state index contributed by atoms with van der Waals surface area (Å²) >= 11 is 6.00. The van der Waals surface area contributed by atoms with Crippen LogP contribution in [0.5, 0.6) is 0 Å². The van der Waals surface area contributed by atoms with Gasteiger partial charge in [-0.1, -0.05) is 17.7 Å². The number of anilines is 1. The van der Waals surface area contributed by atoms with E-state index in [0.29, 0.717) is 18.1 Å². The number of rotatable bonds is 2. The number of hydrogen-bond donors (Lipinski definition) is 2. The molecule has 1 aromatic carbocycles. The van der Waals surface area contributed by atoms with Crippen molar-refractivity contribution in [3.8, 4) is 0 Å². The van der Waals surface area contributed by atoms with E-state index in [0.717, 1.165) is 23.0 Å². The van der Waals surface area contributed by atoms with Crippen LogP contribution in [-0.2, 0) is 0 Å². The first-order valence-electron chi connectivity index (χ1n) is 6.42. The van der Waals surface area contributed by atoms with E-state index in [1.807, 2.05) is 24.3 Å². The summed E-state index contributed by atoms with van der Waals surface area (Å²) in [5.74, 6) is 0. The second-order valence-electron chi connectivity index (χ2n) is 4.88. The number of fused-ring (bicyclic) bond motifs is 1. The molecule has 0 bridgehead atoms. The number of nitrogens with one attached hydrogen (secondary N) is 1. The first kappa shape index (κ1) is 13.0. The second-order valence-corrected chi connectivity index (χ2v) is 5.32. The zero-order chi connectivity index (χ0) is 14.1. The summed E-state index contributed by atoms with van der Waals surface area (Å²) in [4.78, 5) is 16.6. The van der Waals surface area contributed by atoms with Crippen LogP contribution >= 0.6 is 11.6 Å². The lowest BCUT2D eigenvalue weighted by Gasteiger charge is -2.16. The highest BCUT2D eigenvalue weighted by molar-refractivity contribution is 6.31. The van der Waals surface area contributed by atoms with Gasteiger partial charge in [0.25, 0.3) is 0 Å². The maximum Gasteiger partial charge on any atom is 0.407 e. The third-order valence-electron chi connectivity index (χ3n) is 3.51. The topological polar surface area (TPSA) is 65.5 Å². The van der Waals surface area contributed by atoms with E-state index in [4.69, 9.17) is 16.7 Å². The Morgan fingerprint density at radius 2 is 2.35 bits per heavy atom. The molecule has 0 saturated carbocycles. The highest BCUT2D eigenvalue weighted by Gasteiger charge is 2.25. The number of carboxylic acid groups (broad SMARTS) is 1. The Labute approximate surface area is 121 Å². The van der Waals surface area contributed by atoms with Crippen LogP contribution in [-0.4, -0.2) is 40.2 Å². The summed E-state index contributed by atoms with van der Waals surface area (Å²) in [5.41, 5.74) is 1.81. The van der Waals surface area contributed by atoms with Crippen molar-refractivity contribution in [2.45, 2.75) is 12.5 Å². The fourth-order valence-corrected chi connectivity index (χ4v) is 2.68. The Hall–Kier alpha value is -2.01. The van der Waals surface area contributed by atoms with Crippen LogP contribution in [0, 0.1) is 0 Å². The van der Waals surface area contributed by atoms with Crippen molar-refractivity contribution in [1.82, 2.24) is 9.88 Å². The molecule has 1 fully saturated rings. The highest BCUT2D eigenvalue weighted by Crippen LogP contribution is 2.26. The molecule has 1 saturated heterocycles. The number of carbonyl (C=O) groups is 1. The number of pyridine rings is 1. The number of halogens is 1. The number of likely N-dealkylation sites (tertiary alicyclic amines) is 1. The average molecular weight is 292 g/mol. The molecule has 0 aliphatic carbocycles.